The number of aryl methyl sites for hydroxylation is 1. The molecule has 15 heteroatoms. The van der Waals surface area contributed by atoms with E-state index in [1.54, 1.807) is 44.2 Å². The molecule has 0 aliphatic carbocycles. The lowest BCUT2D eigenvalue weighted by Gasteiger charge is -2.26. The largest absolute Gasteiger partial charge is 0.480 e. The Balaban J connectivity index is 1.55. The second-order valence-corrected chi connectivity index (χ2v) is 11.4. The first-order chi connectivity index (χ1) is 22.3. The number of carboxylic acid groups (broad SMARTS) is 1. The van der Waals surface area contributed by atoms with E-state index in [-0.39, 0.29) is 24.7 Å². The Bertz CT molecular complexity index is 1450. The number of carbonyl (C=O) groups excluding carboxylic acids is 6. The Morgan fingerprint density at radius 1 is 0.830 bits per heavy atom. The molecule has 7 N–H and O–H groups in total. The molecule has 252 valence electrons. The summed E-state index contributed by atoms with van der Waals surface area (Å²) in [6.45, 7) is 3.76. The summed E-state index contributed by atoms with van der Waals surface area (Å²) in [5.41, 5.74) is 9.26. The van der Waals surface area contributed by atoms with Gasteiger partial charge in [-0.05, 0) is 30.4 Å². The van der Waals surface area contributed by atoms with Crippen molar-refractivity contribution in [3.05, 3.63) is 71.8 Å². The molecule has 2 aromatic carbocycles. The fourth-order valence-corrected chi connectivity index (χ4v) is 4.57. The summed E-state index contributed by atoms with van der Waals surface area (Å²) >= 11 is 0. The van der Waals surface area contributed by atoms with Crippen LogP contribution in [0.25, 0.3) is 0 Å². The average molecular weight is 653 g/mol. The Labute approximate surface area is 271 Å². The molecule has 0 spiro atoms. The minimum Gasteiger partial charge on any atom is -0.480 e. The number of rotatable bonds is 16. The molecule has 1 saturated heterocycles. The summed E-state index contributed by atoms with van der Waals surface area (Å²) in [6, 6.07) is 14.8. The minimum absolute atomic E-state index is 0.0904. The maximum Gasteiger partial charge on any atom is 0.325 e. The third kappa shape index (κ3) is 11.2. The van der Waals surface area contributed by atoms with E-state index in [0.29, 0.717) is 11.4 Å². The van der Waals surface area contributed by atoms with Gasteiger partial charge in [0.2, 0.25) is 17.7 Å². The molecular weight excluding hydrogens is 612 g/mol. The Morgan fingerprint density at radius 2 is 1.43 bits per heavy atom. The van der Waals surface area contributed by atoms with Crippen LogP contribution < -0.4 is 27.1 Å². The average Bonchev–Trinajstić information content (AvgIpc) is 3.83. The molecule has 6 amide bonds. The molecule has 2 aromatic rings. The first-order valence-corrected chi connectivity index (χ1v) is 15.0. The number of nitrogens with two attached hydrogens (primary N) is 1. The van der Waals surface area contributed by atoms with Gasteiger partial charge >= 0.3 is 5.97 Å². The van der Waals surface area contributed by atoms with Crippen molar-refractivity contribution in [2.75, 3.05) is 6.54 Å². The third-order valence-electron chi connectivity index (χ3n) is 7.24. The van der Waals surface area contributed by atoms with E-state index >= 15 is 0 Å². The van der Waals surface area contributed by atoms with Crippen LogP contribution in [0.1, 0.15) is 38.3 Å². The number of primary amides is 1. The number of epoxide rings is 1. The monoisotopic (exact) mass is 652 g/mol. The number of nitrogens with zero attached hydrogens (tertiary/aromatic N) is 1. The minimum atomic E-state index is -1.48. The lowest BCUT2D eigenvalue weighted by molar-refractivity contribution is -0.151. The Hall–Kier alpha value is -5.31. The molecular formula is C32H40N6O9. The molecule has 1 fully saturated rings. The first-order valence-electron chi connectivity index (χ1n) is 15.0. The van der Waals surface area contributed by atoms with Crippen LogP contribution in [0.15, 0.2) is 60.7 Å². The van der Waals surface area contributed by atoms with E-state index in [4.69, 9.17) is 10.5 Å². The summed E-state index contributed by atoms with van der Waals surface area (Å²) in [4.78, 5) is 87.7. The van der Waals surface area contributed by atoms with Crippen molar-refractivity contribution in [2.24, 2.45) is 11.7 Å². The standard InChI is InChI=1S/C32H40N6O9/c1-18(2)25(36-23(39)15-14-20-10-6-4-7-11-20)30(44)34-19(3)29(43)37-38(17-24(40)41)32(46)27-26(47-27)31(45)35-22(28(33)42)16-21-12-8-5-9-13-21/h4-13,18-19,22,25-27H,14-17H2,1-3H3,(H2,33,42)(H,34,44)(H,35,45)(H,36,39)(H,37,43)(H,40,41)/t19-,22-,25-,26-,27-/m0/s1. The fraction of sp³-hybridized carbons (Fsp3) is 0.406. The van der Waals surface area contributed by atoms with E-state index in [0.717, 1.165) is 11.1 Å². The summed E-state index contributed by atoms with van der Waals surface area (Å²) in [5.74, 6) is -6.45. The summed E-state index contributed by atoms with van der Waals surface area (Å²) in [5, 5.41) is 17.4. The summed E-state index contributed by atoms with van der Waals surface area (Å²) in [6.07, 6.45) is -2.10. The quantitative estimate of drug-likeness (QED) is 0.0982. The normalized spacial score (nSPS) is 16.9. The lowest BCUT2D eigenvalue weighted by Crippen LogP contribution is -2.58. The van der Waals surface area contributed by atoms with Crippen LogP contribution in [0, 0.1) is 5.92 Å². The van der Waals surface area contributed by atoms with Crippen molar-refractivity contribution in [3.8, 4) is 0 Å². The van der Waals surface area contributed by atoms with Gasteiger partial charge in [-0.15, -0.1) is 0 Å². The first kappa shape index (κ1) is 36.2. The topological polar surface area (TPSA) is 230 Å². The number of benzene rings is 2. The van der Waals surface area contributed by atoms with Crippen LogP contribution in [0.5, 0.6) is 0 Å². The number of carbonyl (C=O) groups is 7. The van der Waals surface area contributed by atoms with Gasteiger partial charge in [-0.25, -0.2) is 5.01 Å². The third-order valence-corrected chi connectivity index (χ3v) is 7.24. The zero-order valence-corrected chi connectivity index (χ0v) is 26.3. The van der Waals surface area contributed by atoms with Crippen molar-refractivity contribution >= 4 is 41.4 Å². The van der Waals surface area contributed by atoms with Crippen molar-refractivity contribution < 1.29 is 43.4 Å². The second kappa shape index (κ2) is 16.8. The molecule has 5 atom stereocenters. The number of carboxylic acids is 1. The smallest absolute Gasteiger partial charge is 0.325 e. The van der Waals surface area contributed by atoms with Crippen LogP contribution in [0.3, 0.4) is 0 Å². The van der Waals surface area contributed by atoms with Crippen LogP contribution in [0.2, 0.25) is 0 Å². The van der Waals surface area contributed by atoms with Crippen LogP contribution >= 0.6 is 0 Å². The van der Waals surface area contributed by atoms with E-state index in [9.17, 15) is 38.7 Å². The maximum absolute atomic E-state index is 13.0. The molecule has 0 radical (unpaired) electrons. The Kier molecular flexibility index (Phi) is 13.0. The fourth-order valence-electron chi connectivity index (χ4n) is 4.57. The number of hydrogen-bond acceptors (Lipinski definition) is 8. The van der Waals surface area contributed by atoms with E-state index in [1.165, 1.54) is 6.92 Å². The number of hydrogen-bond donors (Lipinski definition) is 6. The summed E-state index contributed by atoms with van der Waals surface area (Å²) < 4.78 is 5.17. The number of hydrazine groups is 1. The molecule has 1 aliphatic rings. The van der Waals surface area contributed by atoms with Crippen LogP contribution in [-0.4, -0.2) is 88.4 Å². The van der Waals surface area contributed by atoms with Gasteiger partial charge in [-0.3, -0.25) is 39.0 Å². The maximum atomic E-state index is 13.0. The van der Waals surface area contributed by atoms with Crippen molar-refractivity contribution in [1.82, 2.24) is 26.4 Å². The highest BCUT2D eigenvalue weighted by Crippen LogP contribution is 2.24. The summed E-state index contributed by atoms with van der Waals surface area (Å²) in [7, 11) is 0. The molecule has 1 aliphatic heterocycles. The van der Waals surface area contributed by atoms with Crippen LogP contribution in [0.4, 0.5) is 0 Å². The van der Waals surface area contributed by atoms with Gasteiger partial charge < -0.3 is 31.5 Å². The predicted molar refractivity (Wildman–Crippen MR) is 167 cm³/mol. The van der Waals surface area contributed by atoms with Gasteiger partial charge in [0.15, 0.2) is 12.2 Å². The van der Waals surface area contributed by atoms with Crippen molar-refractivity contribution in [3.63, 3.8) is 0 Å². The van der Waals surface area contributed by atoms with Gasteiger partial charge in [0.05, 0.1) is 0 Å². The molecule has 0 saturated carbocycles. The van der Waals surface area contributed by atoms with E-state index < -0.39 is 72.4 Å². The molecule has 3 rings (SSSR count). The van der Waals surface area contributed by atoms with Crippen molar-refractivity contribution in [2.45, 2.75) is 70.4 Å². The lowest BCUT2D eigenvalue weighted by atomic mass is 10.0. The molecule has 15 nitrogen and oxygen atoms in total. The van der Waals surface area contributed by atoms with Gasteiger partial charge in [-0.2, -0.15) is 0 Å². The van der Waals surface area contributed by atoms with Gasteiger partial charge in [0.25, 0.3) is 17.7 Å². The molecule has 0 bridgehead atoms. The van der Waals surface area contributed by atoms with E-state index in [1.807, 2.05) is 30.3 Å². The van der Waals surface area contributed by atoms with Gasteiger partial charge in [0, 0.05) is 12.8 Å². The van der Waals surface area contributed by atoms with Crippen LogP contribution in [-0.2, 0) is 51.1 Å². The van der Waals surface area contributed by atoms with Gasteiger partial charge in [0.1, 0.15) is 24.7 Å². The number of aliphatic carboxylic acids is 1. The van der Waals surface area contributed by atoms with Gasteiger partial charge in [-0.1, -0.05) is 74.5 Å². The molecule has 0 unspecified atom stereocenters. The SMILES string of the molecule is CC(C)[C@H](NC(=O)CCc1ccccc1)C(=O)N[C@@H](C)C(=O)NN(CC(=O)O)C(=O)[C@H]1O[C@@H]1C(=O)N[C@@H](Cc1ccccc1)C(N)=O. The second-order valence-electron chi connectivity index (χ2n) is 11.4. The zero-order chi connectivity index (χ0) is 34.7. The highest BCUT2D eigenvalue weighted by molar-refractivity contribution is 5.99. The highest BCUT2D eigenvalue weighted by atomic mass is 16.6. The predicted octanol–water partition coefficient (Wildman–Crippen LogP) is -0.811. The highest BCUT2D eigenvalue weighted by Gasteiger charge is 2.53. The Morgan fingerprint density at radius 3 is 1.98 bits per heavy atom. The molecule has 1 heterocycles. The zero-order valence-electron chi connectivity index (χ0n) is 26.3. The van der Waals surface area contributed by atoms with Crippen molar-refractivity contribution in [1.29, 1.82) is 0 Å². The van der Waals surface area contributed by atoms with E-state index in [2.05, 4.69) is 21.4 Å². The number of ether oxygens (including phenoxy) is 1. The molecule has 47 heavy (non-hydrogen) atoms. The molecule has 0 aromatic heterocycles. The number of amides is 6. The number of nitrogens with one attached hydrogen (secondary N) is 4.